The molecule has 7 aromatic carbocycles. The van der Waals surface area contributed by atoms with Crippen molar-refractivity contribution in [2.24, 2.45) is 0 Å². The highest BCUT2D eigenvalue weighted by Crippen LogP contribution is 2.34. The summed E-state index contributed by atoms with van der Waals surface area (Å²) >= 11 is 0. The summed E-state index contributed by atoms with van der Waals surface area (Å²) in [5.74, 6) is 0. The minimum atomic E-state index is -3.04. The van der Waals surface area contributed by atoms with Crippen LogP contribution in [0.4, 0.5) is 0 Å². The van der Waals surface area contributed by atoms with E-state index in [1.165, 1.54) is 26.3 Å². The summed E-state index contributed by atoms with van der Waals surface area (Å²) in [6, 6.07) is 65.9. The van der Waals surface area contributed by atoms with Crippen molar-refractivity contribution in [3.63, 3.8) is 0 Å². The number of para-hydroxylation sites is 2. The molecule has 0 atom stereocenters. The molecule has 1 aromatic heterocycles. The van der Waals surface area contributed by atoms with Gasteiger partial charge in [0.15, 0.2) is 8.07 Å². The normalized spacial score (nSPS) is 11.3. The Hall–Kier alpha value is -6.46. The molecule has 0 saturated heterocycles. The third-order valence-corrected chi connectivity index (χ3v) is 14.3. The van der Waals surface area contributed by atoms with E-state index in [0.29, 0.717) is 16.7 Å². The van der Waals surface area contributed by atoms with Crippen LogP contribution in [0.3, 0.4) is 0 Å². The molecule has 8 rings (SSSR count). The zero-order valence-electron chi connectivity index (χ0n) is 26.1. The van der Waals surface area contributed by atoms with Crippen molar-refractivity contribution in [3.8, 4) is 29.0 Å². The lowest BCUT2D eigenvalue weighted by molar-refractivity contribution is 1.18. The molecule has 1 heterocycles. The molecule has 4 heteroatoms. The zero-order valence-corrected chi connectivity index (χ0v) is 27.1. The molecule has 0 radical (unpaired) electrons. The largest absolute Gasteiger partial charge is 0.309 e. The molecule has 48 heavy (non-hydrogen) atoms. The Labute approximate surface area is 280 Å². The van der Waals surface area contributed by atoms with Gasteiger partial charge in [0, 0.05) is 22.0 Å². The average Bonchev–Trinajstić information content (AvgIpc) is 3.51. The van der Waals surface area contributed by atoms with E-state index in [9.17, 15) is 10.5 Å². The van der Waals surface area contributed by atoms with Gasteiger partial charge in [-0.2, -0.15) is 10.5 Å². The van der Waals surface area contributed by atoms with E-state index in [1.807, 2.05) is 42.5 Å². The van der Waals surface area contributed by atoms with Gasteiger partial charge in [0.2, 0.25) is 0 Å². The molecular weight excluding hydrogens is 599 g/mol. The van der Waals surface area contributed by atoms with Gasteiger partial charge in [0.1, 0.15) is 0 Å². The molecule has 0 spiro atoms. The predicted octanol–water partition coefficient (Wildman–Crippen LogP) is 7.57. The highest BCUT2D eigenvalue weighted by atomic mass is 28.3. The molecule has 0 amide bonds. The van der Waals surface area contributed by atoms with E-state index in [2.05, 4.69) is 150 Å². The second-order valence-corrected chi connectivity index (χ2v) is 15.7. The van der Waals surface area contributed by atoms with Crippen molar-refractivity contribution in [2.75, 3.05) is 0 Å². The molecule has 0 fully saturated rings. The van der Waals surface area contributed by atoms with E-state index in [4.69, 9.17) is 0 Å². The smallest absolute Gasteiger partial charge is 0.180 e. The Morgan fingerprint density at radius 3 is 1.46 bits per heavy atom. The van der Waals surface area contributed by atoms with Gasteiger partial charge >= 0.3 is 0 Å². The molecule has 0 aliphatic carbocycles. The highest BCUT2D eigenvalue weighted by molar-refractivity contribution is 7.20. The summed E-state index contributed by atoms with van der Waals surface area (Å²) in [4.78, 5) is 0. The Morgan fingerprint density at radius 2 is 0.958 bits per heavy atom. The van der Waals surface area contributed by atoms with Crippen LogP contribution in [0.15, 0.2) is 176 Å². The average molecular weight is 628 g/mol. The molecule has 0 aliphatic rings. The van der Waals surface area contributed by atoms with Gasteiger partial charge in [-0.3, -0.25) is 0 Å². The van der Waals surface area contributed by atoms with Crippen molar-refractivity contribution < 1.29 is 0 Å². The number of benzene rings is 7. The van der Waals surface area contributed by atoms with Gasteiger partial charge in [-0.05, 0) is 56.6 Å². The van der Waals surface area contributed by atoms with Crippen molar-refractivity contribution in [2.45, 2.75) is 0 Å². The first-order valence-corrected chi connectivity index (χ1v) is 18.0. The quantitative estimate of drug-likeness (QED) is 0.141. The standard InChI is InChI=1S/C44H29N3Si/c45-30-33-27-28-43(48(35-17-4-1-5-18-35,36-19-6-2-7-20-36)37-21-8-3-9-22-37)40(31-46)44(33)32-15-14-16-34(29-32)47-41-25-12-10-23-38(41)39-24-11-13-26-42(39)47/h1-29H. The lowest BCUT2D eigenvalue weighted by Gasteiger charge is -2.35. The Kier molecular flexibility index (Phi) is 7.27. The van der Waals surface area contributed by atoms with E-state index < -0.39 is 8.07 Å². The van der Waals surface area contributed by atoms with E-state index in [-0.39, 0.29) is 0 Å². The predicted molar refractivity (Wildman–Crippen MR) is 199 cm³/mol. The van der Waals surface area contributed by atoms with E-state index in [0.717, 1.165) is 27.5 Å². The van der Waals surface area contributed by atoms with Crippen LogP contribution in [0, 0.1) is 22.7 Å². The number of nitriles is 2. The Morgan fingerprint density at radius 1 is 0.458 bits per heavy atom. The molecule has 0 saturated carbocycles. The first kappa shape index (κ1) is 29.0. The number of rotatable bonds is 6. The second-order valence-electron chi connectivity index (χ2n) is 11.9. The highest BCUT2D eigenvalue weighted by Gasteiger charge is 2.43. The van der Waals surface area contributed by atoms with Crippen molar-refractivity contribution >= 4 is 50.6 Å². The fraction of sp³-hybridized carbons (Fsp3) is 0. The number of nitrogens with zero attached hydrogens (tertiary/aromatic N) is 3. The summed E-state index contributed by atoms with van der Waals surface area (Å²) in [7, 11) is -3.04. The first-order chi connectivity index (χ1) is 23.8. The minimum absolute atomic E-state index is 0.478. The van der Waals surface area contributed by atoms with Crippen molar-refractivity contribution in [1.29, 1.82) is 10.5 Å². The maximum absolute atomic E-state index is 11.2. The topological polar surface area (TPSA) is 52.5 Å². The summed E-state index contributed by atoms with van der Waals surface area (Å²) in [5, 5.41) is 28.6. The fourth-order valence-electron chi connectivity index (χ4n) is 7.46. The van der Waals surface area contributed by atoms with Crippen molar-refractivity contribution in [1.82, 2.24) is 4.57 Å². The summed E-state index contributed by atoms with van der Waals surface area (Å²) in [6.07, 6.45) is 0. The number of aromatic nitrogens is 1. The summed E-state index contributed by atoms with van der Waals surface area (Å²) in [5.41, 5.74) is 5.70. The van der Waals surface area contributed by atoms with Gasteiger partial charge in [-0.1, -0.05) is 146 Å². The van der Waals surface area contributed by atoms with E-state index >= 15 is 0 Å². The minimum Gasteiger partial charge on any atom is -0.309 e. The SMILES string of the molecule is N#Cc1ccc([Si](c2ccccc2)(c2ccccc2)c2ccccc2)c(C#N)c1-c1cccc(-n2c3ccccc3c3ccccc32)c1. The van der Waals surface area contributed by atoms with Gasteiger partial charge in [0.05, 0.1) is 34.3 Å². The van der Waals surface area contributed by atoms with Crippen LogP contribution >= 0.6 is 0 Å². The summed E-state index contributed by atoms with van der Waals surface area (Å²) < 4.78 is 2.27. The molecule has 224 valence electrons. The number of hydrogen-bond donors (Lipinski definition) is 0. The maximum Gasteiger partial charge on any atom is 0.180 e. The van der Waals surface area contributed by atoms with Crippen LogP contribution in [0.1, 0.15) is 11.1 Å². The molecule has 0 aliphatic heterocycles. The Bertz CT molecular complexity index is 2370. The van der Waals surface area contributed by atoms with Gasteiger partial charge in [0.25, 0.3) is 0 Å². The lowest BCUT2D eigenvalue weighted by Crippen LogP contribution is -2.75. The second kappa shape index (κ2) is 12.0. The van der Waals surface area contributed by atoms with Gasteiger partial charge in [-0.25, -0.2) is 0 Å². The molecule has 3 nitrogen and oxygen atoms in total. The van der Waals surface area contributed by atoms with Gasteiger partial charge < -0.3 is 4.57 Å². The Balaban J connectivity index is 1.45. The van der Waals surface area contributed by atoms with Crippen LogP contribution in [-0.2, 0) is 0 Å². The van der Waals surface area contributed by atoms with Crippen molar-refractivity contribution in [3.05, 3.63) is 187 Å². The summed E-state index contributed by atoms with van der Waals surface area (Å²) in [6.45, 7) is 0. The van der Waals surface area contributed by atoms with Crippen LogP contribution < -0.4 is 20.7 Å². The molecule has 0 unspecified atom stereocenters. The lowest BCUT2D eigenvalue weighted by atomic mass is 9.95. The third kappa shape index (κ3) is 4.48. The van der Waals surface area contributed by atoms with Crippen LogP contribution in [-0.4, -0.2) is 12.6 Å². The molecular formula is C44H29N3Si. The third-order valence-electron chi connectivity index (χ3n) is 9.44. The maximum atomic E-state index is 11.2. The van der Waals surface area contributed by atoms with Crippen LogP contribution in [0.2, 0.25) is 0 Å². The fourth-order valence-corrected chi connectivity index (χ4v) is 12.4. The first-order valence-electron chi connectivity index (χ1n) is 16.0. The number of fused-ring (bicyclic) bond motifs is 3. The van der Waals surface area contributed by atoms with Crippen LogP contribution in [0.25, 0.3) is 38.6 Å². The number of hydrogen-bond acceptors (Lipinski definition) is 2. The van der Waals surface area contributed by atoms with Crippen LogP contribution in [0.5, 0.6) is 0 Å². The molecule has 8 aromatic rings. The molecule has 0 bridgehead atoms. The molecule has 0 N–H and O–H groups in total. The van der Waals surface area contributed by atoms with E-state index in [1.54, 1.807) is 0 Å². The van der Waals surface area contributed by atoms with Gasteiger partial charge in [-0.15, -0.1) is 0 Å². The zero-order chi connectivity index (χ0) is 32.5. The monoisotopic (exact) mass is 627 g/mol.